The minimum Gasteiger partial charge on any atom is -0.756 e. The fourth-order valence-electron chi connectivity index (χ4n) is 2.32. The quantitative estimate of drug-likeness (QED) is 0.0836. The maximum atomic E-state index is 9.48. The summed E-state index contributed by atoms with van der Waals surface area (Å²) in [4.78, 5) is 85.0. The molecule has 22 nitrogen and oxygen atoms in total. The predicted molar refractivity (Wildman–Crippen MR) is 153 cm³/mol. The molecule has 0 spiro atoms. The van der Waals surface area contributed by atoms with E-state index in [0.717, 1.165) is 22.8 Å². The molecule has 0 aliphatic heterocycles. The first kappa shape index (κ1) is 58.2. The van der Waals surface area contributed by atoms with Gasteiger partial charge in [0.15, 0.2) is 0 Å². The van der Waals surface area contributed by atoms with Gasteiger partial charge in [0, 0.05) is 24.8 Å². The molecule has 0 amide bonds. The van der Waals surface area contributed by atoms with Crippen LogP contribution in [0.5, 0.6) is 0 Å². The molecule has 0 saturated heterocycles. The Morgan fingerprint density at radius 1 is 0.438 bits per heavy atom. The zero-order valence-corrected chi connectivity index (χ0v) is 29.5. The first-order valence-electron chi connectivity index (χ1n) is 10.6. The van der Waals surface area contributed by atoms with Crippen LogP contribution in [0.3, 0.4) is 0 Å². The van der Waals surface area contributed by atoms with Crippen LogP contribution in [0.4, 0.5) is 0 Å². The van der Waals surface area contributed by atoms with Gasteiger partial charge in [-0.2, -0.15) is 0 Å². The summed E-state index contributed by atoms with van der Waals surface area (Å²) < 4.78 is 43.4. The minimum atomic E-state index is -5.36. The van der Waals surface area contributed by atoms with Gasteiger partial charge in [-0.05, 0) is 48.5 Å². The van der Waals surface area contributed by atoms with E-state index in [9.17, 15) is 37.8 Å². The van der Waals surface area contributed by atoms with E-state index in [1.54, 1.807) is 24.8 Å². The van der Waals surface area contributed by atoms with E-state index in [4.69, 9.17) is 19.6 Å². The Bertz CT molecular complexity index is 1300. The van der Waals surface area contributed by atoms with Gasteiger partial charge in [0.25, 0.3) is 31.3 Å². The number of hydrogen-bond donors (Lipinski definition) is 4. The maximum absolute atomic E-state index is 9.48. The van der Waals surface area contributed by atoms with Crippen molar-refractivity contribution in [3.05, 3.63) is 97.6 Å². The van der Waals surface area contributed by atoms with Gasteiger partial charge in [-0.15, -0.1) is 0 Å². The van der Waals surface area contributed by atoms with E-state index in [2.05, 4.69) is 28.6 Å². The standard InChI is InChI=1S/2C10H8N2.2Mn.2H4O7P2.4H2O/c2*1-3-7-11-9(5-1)10-6-2-4-8-12-10;;;2*1-8(2,3)7-9(4,5)6;;;;/h2*1-8H;;;2*(H2,1,2,3)(H2,4,5,6);4*1H2/q;;2*+2;;;;;;/p-2. The van der Waals surface area contributed by atoms with Crippen LogP contribution in [-0.4, -0.2) is 50.5 Å². The second-order valence-corrected chi connectivity index (χ2v) is 12.0. The molecule has 270 valence electrons. The summed E-state index contributed by atoms with van der Waals surface area (Å²) in [6.45, 7) is 0. The molecule has 0 aliphatic rings. The van der Waals surface area contributed by atoms with Crippen molar-refractivity contribution in [1.82, 2.24) is 19.9 Å². The Kier molecular flexibility index (Phi) is 33.7. The molecule has 4 atom stereocenters. The van der Waals surface area contributed by atoms with Crippen molar-refractivity contribution in [2.24, 2.45) is 0 Å². The Hall–Kier alpha value is -2.00. The molecule has 2 radical (unpaired) electrons. The van der Waals surface area contributed by atoms with E-state index in [-0.39, 0.29) is 56.0 Å². The van der Waals surface area contributed by atoms with Gasteiger partial charge in [0.1, 0.15) is 0 Å². The van der Waals surface area contributed by atoms with Gasteiger partial charge in [0.05, 0.1) is 22.8 Å². The second-order valence-electron chi connectivity index (χ2n) is 6.90. The van der Waals surface area contributed by atoms with Crippen LogP contribution in [-0.2, 0) is 72.0 Å². The zero-order chi connectivity index (χ0) is 31.9. The summed E-state index contributed by atoms with van der Waals surface area (Å²) in [7, 11) is -21.5. The molecule has 0 saturated carbocycles. The first-order chi connectivity index (χ1) is 19.3. The summed E-state index contributed by atoms with van der Waals surface area (Å²) in [6.07, 6.45) is 7.07. The Balaban J connectivity index is -0.000000119. The predicted octanol–water partition coefficient (Wildman–Crippen LogP) is -3.36. The smallest absolute Gasteiger partial charge is 0.756 e. The van der Waals surface area contributed by atoms with Crippen LogP contribution in [0, 0.1) is 0 Å². The van der Waals surface area contributed by atoms with Gasteiger partial charge < -0.3 is 61.1 Å². The van der Waals surface area contributed by atoms with Crippen LogP contribution in [0.25, 0.3) is 22.8 Å². The molecule has 0 fully saturated rings. The summed E-state index contributed by atoms with van der Waals surface area (Å²) in [5.41, 5.74) is 3.66. The largest absolute Gasteiger partial charge is 2.00 e. The number of aromatic nitrogens is 4. The second kappa shape index (κ2) is 27.8. The summed E-state index contributed by atoms with van der Waals surface area (Å²) in [5, 5.41) is 0. The van der Waals surface area contributed by atoms with Gasteiger partial charge in [0.2, 0.25) is 0 Å². The third kappa shape index (κ3) is 32.5. The van der Waals surface area contributed by atoms with E-state index in [1.807, 2.05) is 72.8 Å². The number of rotatable bonds is 6. The monoisotopic (exact) mass is 848 g/mol. The number of phosphoric acid groups is 4. The molecular weight excluding hydrogens is 818 g/mol. The molecule has 48 heavy (non-hydrogen) atoms. The topological polar surface area (TPSA) is 440 Å². The van der Waals surface area contributed by atoms with Crippen LogP contribution in [0.1, 0.15) is 0 Å². The van der Waals surface area contributed by atoms with E-state index in [0.29, 0.717) is 0 Å². The van der Waals surface area contributed by atoms with Crippen LogP contribution in [0.15, 0.2) is 97.6 Å². The number of pyridine rings is 4. The van der Waals surface area contributed by atoms with Gasteiger partial charge in [-0.25, -0.2) is 8.62 Å². The molecule has 28 heteroatoms. The van der Waals surface area contributed by atoms with Crippen LogP contribution in [0.2, 0.25) is 0 Å². The summed E-state index contributed by atoms with van der Waals surface area (Å²) >= 11 is 0. The van der Waals surface area contributed by atoms with Gasteiger partial charge in [-0.3, -0.25) is 38.2 Å². The average Bonchev–Trinajstić information content (AvgIpc) is 2.88. The summed E-state index contributed by atoms with van der Waals surface area (Å²) in [5.74, 6) is 0. The van der Waals surface area contributed by atoms with Crippen molar-refractivity contribution < 1.29 is 122 Å². The van der Waals surface area contributed by atoms with Crippen molar-refractivity contribution in [3.63, 3.8) is 0 Å². The third-order valence-corrected chi connectivity index (χ3v) is 6.90. The fourth-order valence-corrected chi connectivity index (χ4v) is 4.40. The SMILES string of the molecule is O.O.O=P([O-])(O)OP(=O)([O-])O.O=P([O-])(O)OP(=O)([O-])O.[Mn+2].[Mn+2].[OH3+].[OH3+].c1ccc(-c2ccccn2)nc1.c1ccc(-c2ccccn2)nc1. The molecule has 4 rings (SSSR count). The minimum absolute atomic E-state index is 0. The molecule has 4 aromatic heterocycles. The van der Waals surface area contributed by atoms with Crippen molar-refractivity contribution in [1.29, 1.82) is 0 Å². The number of hydrogen-bond acceptors (Lipinski definition) is 14. The Labute approximate surface area is 292 Å². The molecule has 0 aliphatic carbocycles. The normalized spacial score (nSPS) is 14.0. The zero-order valence-electron chi connectivity index (χ0n) is 23.6. The van der Waals surface area contributed by atoms with Crippen LogP contribution < -0.4 is 19.6 Å². The first-order valence-corrected chi connectivity index (χ1v) is 16.6. The molecule has 14 N–H and O–H groups in total. The average molecular weight is 848 g/mol. The Morgan fingerprint density at radius 3 is 0.688 bits per heavy atom. The third-order valence-electron chi connectivity index (χ3n) is 3.60. The van der Waals surface area contributed by atoms with Crippen molar-refractivity contribution in [2.45, 2.75) is 0 Å². The maximum Gasteiger partial charge on any atom is 2.00 e. The van der Waals surface area contributed by atoms with E-state index in [1.165, 1.54) is 0 Å². The molecule has 4 unspecified atom stereocenters. The Morgan fingerprint density at radius 2 is 0.604 bits per heavy atom. The van der Waals surface area contributed by atoms with Crippen LogP contribution >= 0.6 is 31.3 Å². The molecular formula is C20H30Mn2N4O18P4+2. The van der Waals surface area contributed by atoms with Gasteiger partial charge in [-0.1, -0.05) is 24.3 Å². The molecule has 0 aromatic carbocycles. The molecule has 4 heterocycles. The fraction of sp³-hybridized carbons (Fsp3) is 0. The van der Waals surface area contributed by atoms with E-state index < -0.39 is 31.3 Å². The number of nitrogens with zero attached hydrogens (tertiary/aromatic N) is 4. The van der Waals surface area contributed by atoms with E-state index >= 15 is 0 Å². The van der Waals surface area contributed by atoms with Gasteiger partial charge >= 0.3 is 34.1 Å². The summed E-state index contributed by atoms with van der Waals surface area (Å²) in [6, 6.07) is 23.2. The molecule has 4 aromatic rings. The van der Waals surface area contributed by atoms with Crippen molar-refractivity contribution >= 4 is 31.3 Å². The molecule has 0 bridgehead atoms. The van der Waals surface area contributed by atoms with Crippen molar-refractivity contribution in [3.8, 4) is 22.8 Å². The van der Waals surface area contributed by atoms with Crippen molar-refractivity contribution in [2.75, 3.05) is 0 Å².